The van der Waals surface area contributed by atoms with Crippen molar-refractivity contribution in [1.29, 1.82) is 0 Å². The van der Waals surface area contributed by atoms with Crippen molar-refractivity contribution in [3.8, 4) is 0 Å². The van der Waals surface area contributed by atoms with Crippen molar-refractivity contribution in [3.05, 3.63) is 91.3 Å². The number of nitrogens with zero attached hydrogens (tertiary/aromatic N) is 2. The molecular formula is C26H22N2O5S. The van der Waals surface area contributed by atoms with Gasteiger partial charge in [0.1, 0.15) is 10.5 Å². The summed E-state index contributed by atoms with van der Waals surface area (Å²) in [5.74, 6) is -0.961. The molecule has 0 fully saturated rings. The van der Waals surface area contributed by atoms with Gasteiger partial charge in [0, 0.05) is 0 Å². The average molecular weight is 475 g/mol. The van der Waals surface area contributed by atoms with Crippen LogP contribution in [0.3, 0.4) is 0 Å². The van der Waals surface area contributed by atoms with Gasteiger partial charge in [0.05, 0.1) is 29.3 Å². The molecule has 0 radical (unpaired) electrons. The zero-order chi connectivity index (χ0) is 24.1. The highest BCUT2D eigenvalue weighted by Crippen LogP contribution is 2.43. The highest BCUT2D eigenvalue weighted by molar-refractivity contribution is 7.17. The molecule has 2 aromatic carbocycles. The summed E-state index contributed by atoms with van der Waals surface area (Å²) in [6, 6.07) is 12.2. The topological polar surface area (TPSA) is 89.7 Å². The van der Waals surface area contributed by atoms with Crippen molar-refractivity contribution in [2.75, 3.05) is 11.5 Å². The van der Waals surface area contributed by atoms with Crippen LogP contribution in [0.15, 0.2) is 51.7 Å². The number of rotatable bonds is 4. The summed E-state index contributed by atoms with van der Waals surface area (Å²) in [6.45, 7) is 7.52. The number of carbonyl (C=O) groups is 2. The van der Waals surface area contributed by atoms with Crippen molar-refractivity contribution < 1.29 is 18.7 Å². The first-order valence-electron chi connectivity index (χ1n) is 10.9. The molecule has 0 unspecified atom stereocenters. The Morgan fingerprint density at radius 1 is 1.09 bits per heavy atom. The maximum atomic E-state index is 13.7. The average Bonchev–Trinajstić information content (AvgIpc) is 3.33. The van der Waals surface area contributed by atoms with Crippen LogP contribution in [0.25, 0.3) is 11.0 Å². The monoisotopic (exact) mass is 474 g/mol. The van der Waals surface area contributed by atoms with E-state index in [1.54, 1.807) is 26.0 Å². The van der Waals surface area contributed by atoms with Crippen LogP contribution in [0, 0.1) is 20.8 Å². The Kier molecular flexibility index (Phi) is 5.32. The van der Waals surface area contributed by atoms with Gasteiger partial charge in [0.15, 0.2) is 10.6 Å². The minimum Gasteiger partial charge on any atom is -0.462 e. The number of esters is 1. The summed E-state index contributed by atoms with van der Waals surface area (Å²) in [5, 5.41) is 0.732. The predicted octanol–water partition coefficient (Wildman–Crippen LogP) is 5.10. The number of anilines is 1. The molecule has 172 valence electrons. The molecule has 2 aromatic heterocycles. The third kappa shape index (κ3) is 3.42. The molecule has 8 heteroatoms. The van der Waals surface area contributed by atoms with E-state index in [1.807, 2.05) is 44.2 Å². The van der Waals surface area contributed by atoms with E-state index in [4.69, 9.17) is 9.15 Å². The molecule has 7 nitrogen and oxygen atoms in total. The number of thiazole rings is 1. The van der Waals surface area contributed by atoms with Gasteiger partial charge >= 0.3 is 5.97 Å². The van der Waals surface area contributed by atoms with Gasteiger partial charge in [0.25, 0.3) is 5.91 Å². The molecule has 1 atom stereocenters. The molecular weight excluding hydrogens is 452 g/mol. The van der Waals surface area contributed by atoms with Crippen LogP contribution in [0.5, 0.6) is 0 Å². The van der Waals surface area contributed by atoms with Crippen molar-refractivity contribution in [2.24, 2.45) is 0 Å². The number of aryl methyl sites for hydroxylation is 3. The molecule has 4 aromatic rings. The van der Waals surface area contributed by atoms with E-state index in [0.29, 0.717) is 26.7 Å². The number of aromatic nitrogens is 1. The van der Waals surface area contributed by atoms with Crippen LogP contribution >= 0.6 is 11.3 Å². The lowest BCUT2D eigenvalue weighted by Crippen LogP contribution is -2.29. The van der Waals surface area contributed by atoms with Gasteiger partial charge in [-0.1, -0.05) is 52.8 Å². The predicted molar refractivity (Wildman–Crippen MR) is 130 cm³/mol. The Balaban J connectivity index is 1.75. The van der Waals surface area contributed by atoms with Gasteiger partial charge < -0.3 is 9.15 Å². The standard InChI is InChI=1S/C26H22N2O5S/c1-5-32-25(31)23-15(4)27-26(34-23)28-20(16-9-6-13(2)7-10-16)19-21(29)17-12-14(3)8-11-18(17)33-22(19)24(28)30/h6-12,20H,5H2,1-4H3/t20-/m0/s1. The Bertz CT molecular complexity index is 1520. The maximum Gasteiger partial charge on any atom is 0.350 e. The van der Waals surface area contributed by atoms with E-state index in [9.17, 15) is 14.4 Å². The molecule has 0 N–H and O–H groups in total. The summed E-state index contributed by atoms with van der Waals surface area (Å²) in [6.07, 6.45) is 0. The number of ether oxygens (including phenoxy) is 1. The zero-order valence-corrected chi connectivity index (χ0v) is 20.0. The second-order valence-corrected chi connectivity index (χ2v) is 9.27. The largest absolute Gasteiger partial charge is 0.462 e. The van der Waals surface area contributed by atoms with Gasteiger partial charge in [0.2, 0.25) is 5.76 Å². The fourth-order valence-electron chi connectivity index (χ4n) is 4.22. The molecule has 1 aliphatic heterocycles. The first kappa shape index (κ1) is 22.0. The van der Waals surface area contributed by atoms with Crippen LogP contribution in [0.1, 0.15) is 61.1 Å². The summed E-state index contributed by atoms with van der Waals surface area (Å²) in [5.41, 5.74) is 3.57. The quantitative estimate of drug-likeness (QED) is 0.382. The molecule has 3 heterocycles. The molecule has 0 aliphatic carbocycles. The molecule has 1 amide bonds. The third-order valence-electron chi connectivity index (χ3n) is 5.87. The molecule has 0 spiro atoms. The number of benzene rings is 2. The Labute approximate surface area is 199 Å². The summed E-state index contributed by atoms with van der Waals surface area (Å²) in [7, 11) is 0. The van der Waals surface area contributed by atoms with Crippen molar-refractivity contribution in [2.45, 2.75) is 33.7 Å². The second kappa shape index (κ2) is 8.22. The number of carbonyl (C=O) groups excluding carboxylic acids is 2. The molecule has 0 saturated heterocycles. The SMILES string of the molecule is CCOC(=O)c1sc(N2C(=O)c3oc4ccc(C)cc4c(=O)c3[C@@H]2c2ccc(C)cc2)nc1C. The Morgan fingerprint density at radius 2 is 1.79 bits per heavy atom. The molecule has 0 bridgehead atoms. The summed E-state index contributed by atoms with van der Waals surface area (Å²) >= 11 is 1.07. The molecule has 5 rings (SSSR count). The van der Waals surface area contributed by atoms with E-state index in [1.165, 1.54) is 4.90 Å². The second-order valence-electron chi connectivity index (χ2n) is 8.29. The van der Waals surface area contributed by atoms with Gasteiger partial charge in [-0.3, -0.25) is 14.5 Å². The molecule has 1 aliphatic rings. The van der Waals surface area contributed by atoms with E-state index in [0.717, 1.165) is 28.0 Å². The van der Waals surface area contributed by atoms with Gasteiger partial charge in [-0.25, -0.2) is 9.78 Å². The van der Waals surface area contributed by atoms with Crippen LogP contribution in [-0.2, 0) is 4.74 Å². The minimum absolute atomic E-state index is 0.00235. The van der Waals surface area contributed by atoms with E-state index >= 15 is 0 Å². The summed E-state index contributed by atoms with van der Waals surface area (Å²) < 4.78 is 11.1. The summed E-state index contributed by atoms with van der Waals surface area (Å²) in [4.78, 5) is 46.0. The fourth-order valence-corrected chi connectivity index (χ4v) is 5.21. The maximum absolute atomic E-state index is 13.7. The number of amides is 1. The molecule has 0 saturated carbocycles. The third-order valence-corrected chi connectivity index (χ3v) is 7.01. The Morgan fingerprint density at radius 3 is 2.50 bits per heavy atom. The highest BCUT2D eigenvalue weighted by atomic mass is 32.1. The van der Waals surface area contributed by atoms with E-state index in [2.05, 4.69) is 4.98 Å². The fraction of sp³-hybridized carbons (Fsp3) is 0.231. The van der Waals surface area contributed by atoms with E-state index < -0.39 is 17.9 Å². The highest BCUT2D eigenvalue weighted by Gasteiger charge is 2.45. The number of hydrogen-bond acceptors (Lipinski definition) is 7. The van der Waals surface area contributed by atoms with Crippen molar-refractivity contribution in [1.82, 2.24) is 4.98 Å². The normalized spacial score (nSPS) is 15.1. The first-order valence-corrected chi connectivity index (χ1v) is 11.7. The van der Waals surface area contributed by atoms with Gasteiger partial charge in [-0.15, -0.1) is 0 Å². The van der Waals surface area contributed by atoms with Gasteiger partial charge in [-0.05, 0) is 45.4 Å². The Hall–Kier alpha value is -3.78. The lowest BCUT2D eigenvalue weighted by molar-refractivity contribution is 0.0531. The first-order chi connectivity index (χ1) is 16.3. The number of fused-ring (bicyclic) bond motifs is 2. The number of hydrogen-bond donors (Lipinski definition) is 0. The van der Waals surface area contributed by atoms with Crippen molar-refractivity contribution >= 4 is 39.3 Å². The smallest absolute Gasteiger partial charge is 0.350 e. The van der Waals surface area contributed by atoms with Crippen LogP contribution in [-0.4, -0.2) is 23.5 Å². The lowest BCUT2D eigenvalue weighted by Gasteiger charge is -2.22. The van der Waals surface area contributed by atoms with Crippen LogP contribution in [0.2, 0.25) is 0 Å². The van der Waals surface area contributed by atoms with Crippen LogP contribution < -0.4 is 10.3 Å². The minimum atomic E-state index is -0.732. The van der Waals surface area contributed by atoms with E-state index in [-0.39, 0.29) is 23.4 Å². The van der Waals surface area contributed by atoms with Crippen molar-refractivity contribution in [3.63, 3.8) is 0 Å². The lowest BCUT2D eigenvalue weighted by atomic mass is 9.97. The zero-order valence-electron chi connectivity index (χ0n) is 19.2. The van der Waals surface area contributed by atoms with Crippen LogP contribution in [0.4, 0.5) is 5.13 Å². The van der Waals surface area contributed by atoms with Gasteiger partial charge in [-0.2, -0.15) is 0 Å². The molecule has 34 heavy (non-hydrogen) atoms.